The maximum atomic E-state index is 12.4. The van der Waals surface area contributed by atoms with Gasteiger partial charge in [0, 0.05) is 30.2 Å². The Morgan fingerprint density at radius 3 is 3.10 bits per heavy atom. The first kappa shape index (κ1) is 12.8. The second-order valence-corrected chi connectivity index (χ2v) is 6.18. The topological polar surface area (TPSA) is 58.4 Å². The summed E-state index contributed by atoms with van der Waals surface area (Å²) in [5, 5.41) is 4.07. The van der Waals surface area contributed by atoms with Crippen LogP contribution in [-0.4, -0.2) is 41.5 Å². The van der Waals surface area contributed by atoms with Crippen LogP contribution in [0.3, 0.4) is 0 Å². The van der Waals surface area contributed by atoms with E-state index in [0.29, 0.717) is 11.3 Å². The predicted octanol–water partition coefficient (Wildman–Crippen LogP) is 2.04. The quantitative estimate of drug-likeness (QED) is 0.917. The smallest absolute Gasteiger partial charge is 0.270 e. The van der Waals surface area contributed by atoms with Crippen molar-refractivity contribution in [3.63, 3.8) is 0 Å². The van der Waals surface area contributed by atoms with Crippen molar-refractivity contribution in [1.29, 1.82) is 0 Å². The van der Waals surface area contributed by atoms with Crippen LogP contribution in [0.25, 0.3) is 11.0 Å². The number of fused-ring (bicyclic) bond motifs is 5. The minimum absolute atomic E-state index is 0.0965. The molecule has 0 saturated carbocycles. The lowest BCUT2D eigenvalue weighted by Crippen LogP contribution is -2.42. The second kappa shape index (κ2) is 5.15. The summed E-state index contributed by atoms with van der Waals surface area (Å²) < 4.78 is 5.33. The van der Waals surface area contributed by atoms with E-state index in [4.69, 9.17) is 4.42 Å². The minimum atomic E-state index is -0.0965. The fourth-order valence-corrected chi connectivity index (χ4v) is 3.54. The minimum Gasteiger partial charge on any atom is -0.464 e. The summed E-state index contributed by atoms with van der Waals surface area (Å²) in [7, 11) is 0. The van der Waals surface area contributed by atoms with Crippen molar-refractivity contribution >= 4 is 16.9 Å². The molecule has 3 saturated heterocycles. The van der Waals surface area contributed by atoms with Gasteiger partial charge in [0.05, 0.1) is 6.26 Å². The molecule has 5 heteroatoms. The van der Waals surface area contributed by atoms with Crippen LogP contribution in [0.2, 0.25) is 0 Å². The van der Waals surface area contributed by atoms with Crippen LogP contribution in [-0.2, 0) is 0 Å². The summed E-state index contributed by atoms with van der Waals surface area (Å²) in [6, 6.07) is 3.80. The molecule has 0 spiro atoms. The van der Waals surface area contributed by atoms with Gasteiger partial charge in [0.15, 0.2) is 0 Å². The van der Waals surface area contributed by atoms with E-state index in [2.05, 4.69) is 15.2 Å². The van der Waals surface area contributed by atoms with Crippen molar-refractivity contribution in [1.82, 2.24) is 15.2 Å². The van der Waals surface area contributed by atoms with E-state index in [9.17, 15) is 4.79 Å². The highest BCUT2D eigenvalue weighted by Gasteiger charge is 2.30. The molecule has 110 valence electrons. The highest BCUT2D eigenvalue weighted by atomic mass is 16.3. The number of nitrogens with zero attached hydrogens (tertiary/aromatic N) is 2. The Bertz CT molecular complexity index is 644. The van der Waals surface area contributed by atoms with Crippen LogP contribution < -0.4 is 5.32 Å². The van der Waals surface area contributed by atoms with Crippen LogP contribution in [0.15, 0.2) is 29.0 Å². The van der Waals surface area contributed by atoms with Gasteiger partial charge in [-0.2, -0.15) is 0 Å². The number of piperidine rings is 1. The lowest BCUT2D eigenvalue weighted by molar-refractivity contribution is 0.0924. The molecule has 1 amide bonds. The maximum absolute atomic E-state index is 12.4. The van der Waals surface area contributed by atoms with Gasteiger partial charge in [-0.05, 0) is 44.3 Å². The van der Waals surface area contributed by atoms with Gasteiger partial charge >= 0.3 is 0 Å². The van der Waals surface area contributed by atoms with Gasteiger partial charge in [-0.15, -0.1) is 0 Å². The molecule has 1 atom stereocenters. The number of furan rings is 1. The molecule has 1 N–H and O–H groups in total. The number of carbonyl (C=O) groups is 1. The van der Waals surface area contributed by atoms with E-state index < -0.39 is 0 Å². The lowest BCUT2D eigenvalue weighted by Gasteiger charge is -2.26. The van der Waals surface area contributed by atoms with Crippen molar-refractivity contribution in [2.24, 2.45) is 5.92 Å². The SMILES string of the molecule is O=C(NC1CC2CCN(CC2)C1)c1cc2occc2cn1. The molecule has 2 bridgehead atoms. The van der Waals surface area contributed by atoms with E-state index >= 15 is 0 Å². The molecular weight excluding hydrogens is 266 g/mol. The van der Waals surface area contributed by atoms with E-state index in [1.165, 1.54) is 25.9 Å². The summed E-state index contributed by atoms with van der Waals surface area (Å²) in [4.78, 5) is 19.1. The van der Waals surface area contributed by atoms with Gasteiger partial charge in [0.1, 0.15) is 11.3 Å². The number of hydrogen-bond acceptors (Lipinski definition) is 4. The van der Waals surface area contributed by atoms with Crippen molar-refractivity contribution in [3.05, 3.63) is 30.3 Å². The molecule has 5 heterocycles. The number of pyridine rings is 1. The molecular formula is C16H19N3O2. The number of amides is 1. The number of rotatable bonds is 2. The van der Waals surface area contributed by atoms with Crippen LogP contribution in [0.5, 0.6) is 0 Å². The highest BCUT2D eigenvalue weighted by molar-refractivity contribution is 5.95. The third kappa shape index (κ3) is 2.53. The monoisotopic (exact) mass is 285 g/mol. The van der Waals surface area contributed by atoms with E-state index in [-0.39, 0.29) is 11.9 Å². The molecule has 0 aromatic carbocycles. The summed E-state index contributed by atoms with van der Waals surface area (Å²) in [6.07, 6.45) is 6.93. The first-order valence-electron chi connectivity index (χ1n) is 7.64. The Morgan fingerprint density at radius 2 is 2.24 bits per heavy atom. The molecule has 1 unspecified atom stereocenters. The predicted molar refractivity (Wildman–Crippen MR) is 79.0 cm³/mol. The first-order chi connectivity index (χ1) is 10.3. The van der Waals surface area contributed by atoms with Gasteiger partial charge in [-0.3, -0.25) is 9.78 Å². The molecule has 3 aliphatic rings. The summed E-state index contributed by atoms with van der Waals surface area (Å²) in [6.45, 7) is 3.31. The van der Waals surface area contributed by atoms with E-state index in [1.54, 1.807) is 18.5 Å². The van der Waals surface area contributed by atoms with Gasteiger partial charge in [-0.25, -0.2) is 0 Å². The number of aromatic nitrogens is 1. The summed E-state index contributed by atoms with van der Waals surface area (Å²) in [5.74, 6) is 0.662. The van der Waals surface area contributed by atoms with Crippen molar-refractivity contribution < 1.29 is 9.21 Å². The molecule has 2 aromatic heterocycles. The fraction of sp³-hybridized carbons (Fsp3) is 0.500. The average Bonchev–Trinajstić information content (AvgIpc) is 2.78. The zero-order valence-electron chi connectivity index (χ0n) is 11.9. The molecule has 0 aliphatic carbocycles. The number of nitrogens with one attached hydrogen (secondary N) is 1. The fourth-order valence-electron chi connectivity index (χ4n) is 3.54. The van der Waals surface area contributed by atoms with Crippen molar-refractivity contribution in [2.75, 3.05) is 19.6 Å². The van der Waals surface area contributed by atoms with Gasteiger partial charge in [0.25, 0.3) is 5.91 Å². The third-order valence-electron chi connectivity index (χ3n) is 4.71. The maximum Gasteiger partial charge on any atom is 0.270 e. The van der Waals surface area contributed by atoms with Crippen molar-refractivity contribution in [3.8, 4) is 0 Å². The Labute approximate surface area is 123 Å². The van der Waals surface area contributed by atoms with Gasteiger partial charge < -0.3 is 14.6 Å². The van der Waals surface area contributed by atoms with E-state index in [1.807, 2.05) is 6.07 Å². The van der Waals surface area contributed by atoms with Crippen molar-refractivity contribution in [2.45, 2.75) is 25.3 Å². The average molecular weight is 285 g/mol. The Hall–Kier alpha value is -1.88. The normalized spacial score (nSPS) is 28.5. The van der Waals surface area contributed by atoms with Gasteiger partial charge in [-0.1, -0.05) is 0 Å². The molecule has 5 rings (SSSR count). The standard InChI is InChI=1S/C16H19N3O2/c20-16(14-8-15-12(9-17-14)3-6-21-15)18-13-7-11-1-4-19(10-13)5-2-11/h3,6,8-9,11,13H,1-2,4-5,7,10H2,(H,18,20). The third-order valence-corrected chi connectivity index (χ3v) is 4.71. The summed E-state index contributed by atoms with van der Waals surface area (Å²) in [5.41, 5.74) is 1.14. The number of carbonyl (C=O) groups excluding carboxylic acids is 1. The Kier molecular flexibility index (Phi) is 3.15. The molecule has 3 aliphatic heterocycles. The Balaban J connectivity index is 1.49. The van der Waals surface area contributed by atoms with E-state index in [0.717, 1.165) is 24.3 Å². The summed E-state index contributed by atoms with van der Waals surface area (Å²) >= 11 is 0. The van der Waals surface area contributed by atoms with Crippen LogP contribution >= 0.6 is 0 Å². The zero-order valence-corrected chi connectivity index (χ0v) is 11.9. The number of hydrogen-bond donors (Lipinski definition) is 1. The molecule has 0 radical (unpaired) electrons. The molecule has 5 nitrogen and oxygen atoms in total. The van der Waals surface area contributed by atoms with Gasteiger partial charge in [0.2, 0.25) is 0 Å². The van der Waals surface area contributed by atoms with Crippen LogP contribution in [0.4, 0.5) is 0 Å². The van der Waals surface area contributed by atoms with Crippen LogP contribution in [0, 0.1) is 5.92 Å². The Morgan fingerprint density at radius 1 is 1.38 bits per heavy atom. The molecule has 21 heavy (non-hydrogen) atoms. The lowest BCUT2D eigenvalue weighted by atomic mass is 9.94. The second-order valence-electron chi connectivity index (χ2n) is 6.18. The zero-order chi connectivity index (χ0) is 14.2. The largest absolute Gasteiger partial charge is 0.464 e. The highest BCUT2D eigenvalue weighted by Crippen LogP contribution is 2.26. The van der Waals surface area contributed by atoms with Crippen LogP contribution in [0.1, 0.15) is 29.8 Å². The molecule has 2 aromatic rings. The first-order valence-corrected chi connectivity index (χ1v) is 7.64. The molecule has 3 fully saturated rings.